The lowest BCUT2D eigenvalue weighted by Crippen LogP contribution is -2.16. The summed E-state index contributed by atoms with van der Waals surface area (Å²) in [6.45, 7) is 5.97. The van der Waals surface area contributed by atoms with Gasteiger partial charge < -0.3 is 0 Å². The molecule has 6 nitrogen and oxygen atoms in total. The monoisotopic (exact) mass is 363 g/mol. The smallest absolute Gasteiger partial charge is 0.257 e. The molecular formula is C16H15F2N5OS. The third-order valence-electron chi connectivity index (χ3n) is 3.35. The number of amides is 1. The highest BCUT2D eigenvalue weighted by Gasteiger charge is 2.25. The zero-order valence-corrected chi connectivity index (χ0v) is 14.6. The molecule has 1 aromatic carbocycles. The highest BCUT2D eigenvalue weighted by Crippen LogP contribution is 2.34. The summed E-state index contributed by atoms with van der Waals surface area (Å²) in [5.41, 5.74) is 0.459. The molecule has 3 aromatic rings. The van der Waals surface area contributed by atoms with E-state index >= 15 is 0 Å². The average Bonchev–Trinajstić information content (AvgIpc) is 3.18. The fourth-order valence-electron chi connectivity index (χ4n) is 2.13. The number of benzene rings is 1. The van der Waals surface area contributed by atoms with Crippen molar-refractivity contribution in [2.24, 2.45) is 0 Å². The van der Waals surface area contributed by atoms with Crippen LogP contribution in [0.2, 0.25) is 0 Å². The van der Waals surface area contributed by atoms with Crippen molar-refractivity contribution in [1.82, 2.24) is 19.7 Å². The van der Waals surface area contributed by atoms with Crippen LogP contribution in [0.15, 0.2) is 30.9 Å². The highest BCUT2D eigenvalue weighted by atomic mass is 32.1. The molecule has 130 valence electrons. The highest BCUT2D eigenvalue weighted by molar-refractivity contribution is 7.18. The number of hydrogen-bond donors (Lipinski definition) is 1. The van der Waals surface area contributed by atoms with Gasteiger partial charge in [0.15, 0.2) is 16.8 Å². The zero-order valence-electron chi connectivity index (χ0n) is 13.7. The molecule has 0 spiro atoms. The van der Waals surface area contributed by atoms with Crippen LogP contribution in [0, 0.1) is 11.6 Å². The number of aromatic nitrogens is 4. The van der Waals surface area contributed by atoms with Crippen LogP contribution in [0.5, 0.6) is 0 Å². The Morgan fingerprint density at radius 2 is 2.00 bits per heavy atom. The second kappa shape index (κ2) is 6.32. The van der Waals surface area contributed by atoms with Crippen molar-refractivity contribution >= 4 is 22.4 Å². The van der Waals surface area contributed by atoms with Crippen molar-refractivity contribution in [3.05, 3.63) is 53.7 Å². The molecule has 0 radical (unpaired) electrons. The lowest BCUT2D eigenvalue weighted by Gasteiger charge is -2.16. The van der Waals surface area contributed by atoms with E-state index in [1.807, 2.05) is 20.8 Å². The molecule has 3 rings (SSSR count). The van der Waals surface area contributed by atoms with Crippen LogP contribution >= 0.6 is 11.3 Å². The van der Waals surface area contributed by atoms with Gasteiger partial charge in [-0.3, -0.25) is 10.1 Å². The Bertz CT molecular complexity index is 915. The molecule has 1 N–H and O–H groups in total. The van der Waals surface area contributed by atoms with Crippen LogP contribution in [-0.2, 0) is 5.41 Å². The molecule has 2 heterocycles. The van der Waals surface area contributed by atoms with Gasteiger partial charge in [-0.2, -0.15) is 5.10 Å². The summed E-state index contributed by atoms with van der Waals surface area (Å²) in [5.74, 6) is -2.65. The number of thiazole rings is 1. The van der Waals surface area contributed by atoms with Crippen LogP contribution < -0.4 is 5.32 Å². The number of carbonyl (C=O) groups excluding carboxylic acids is 1. The minimum absolute atomic E-state index is 0.00807. The summed E-state index contributed by atoms with van der Waals surface area (Å²) >= 11 is 1.22. The van der Waals surface area contributed by atoms with Crippen LogP contribution in [-0.4, -0.2) is 25.7 Å². The van der Waals surface area contributed by atoms with Gasteiger partial charge >= 0.3 is 0 Å². The van der Waals surface area contributed by atoms with E-state index in [2.05, 4.69) is 20.4 Å². The van der Waals surface area contributed by atoms with Crippen LogP contribution in [0.3, 0.4) is 0 Å². The first kappa shape index (κ1) is 17.2. The SMILES string of the molecule is CC(C)(C)c1nc(NC(=O)c2ccc(F)c(F)c2)sc1-n1cncn1. The van der Waals surface area contributed by atoms with Crippen molar-refractivity contribution < 1.29 is 13.6 Å². The summed E-state index contributed by atoms with van der Waals surface area (Å²) < 4.78 is 27.9. The van der Waals surface area contributed by atoms with Crippen molar-refractivity contribution in [3.63, 3.8) is 0 Å². The maximum absolute atomic E-state index is 13.3. The summed E-state index contributed by atoms with van der Waals surface area (Å²) in [5, 5.41) is 7.79. The molecule has 0 bridgehead atoms. The molecule has 9 heteroatoms. The maximum Gasteiger partial charge on any atom is 0.257 e. The second-order valence-electron chi connectivity index (χ2n) is 6.35. The van der Waals surface area contributed by atoms with Crippen molar-refractivity contribution in [3.8, 4) is 5.00 Å². The third kappa shape index (κ3) is 3.55. The van der Waals surface area contributed by atoms with Crippen molar-refractivity contribution in [1.29, 1.82) is 0 Å². The Morgan fingerprint density at radius 3 is 2.60 bits per heavy atom. The van der Waals surface area contributed by atoms with E-state index < -0.39 is 17.5 Å². The molecule has 0 saturated carbocycles. The molecule has 0 aliphatic carbocycles. The molecule has 1 amide bonds. The minimum atomic E-state index is -1.08. The number of carbonyl (C=O) groups is 1. The first-order valence-corrected chi connectivity index (χ1v) is 8.20. The lowest BCUT2D eigenvalue weighted by atomic mass is 9.92. The number of nitrogens with zero attached hydrogens (tertiary/aromatic N) is 4. The predicted molar refractivity (Wildman–Crippen MR) is 90.0 cm³/mol. The third-order valence-corrected chi connectivity index (χ3v) is 4.31. The second-order valence-corrected chi connectivity index (χ2v) is 7.32. The van der Waals surface area contributed by atoms with E-state index in [0.717, 1.165) is 22.8 Å². The maximum atomic E-state index is 13.3. The van der Waals surface area contributed by atoms with Gasteiger partial charge in [0, 0.05) is 11.0 Å². The van der Waals surface area contributed by atoms with Gasteiger partial charge in [-0.1, -0.05) is 32.1 Å². The van der Waals surface area contributed by atoms with E-state index in [4.69, 9.17) is 0 Å². The molecule has 0 aliphatic heterocycles. The molecular weight excluding hydrogens is 348 g/mol. The van der Waals surface area contributed by atoms with E-state index in [1.165, 1.54) is 23.7 Å². The summed E-state index contributed by atoms with van der Waals surface area (Å²) in [6, 6.07) is 2.97. The summed E-state index contributed by atoms with van der Waals surface area (Å²) in [7, 11) is 0. The van der Waals surface area contributed by atoms with Crippen LogP contribution in [0.25, 0.3) is 5.00 Å². The number of hydrogen-bond acceptors (Lipinski definition) is 5. The number of nitrogens with one attached hydrogen (secondary N) is 1. The summed E-state index contributed by atoms with van der Waals surface area (Å²) in [4.78, 5) is 20.7. The van der Waals surface area contributed by atoms with Crippen LogP contribution in [0.4, 0.5) is 13.9 Å². The Labute approximate surface area is 146 Å². The lowest BCUT2D eigenvalue weighted by molar-refractivity contribution is 0.102. The van der Waals surface area contributed by atoms with Gasteiger partial charge in [0.1, 0.15) is 17.7 Å². The topological polar surface area (TPSA) is 72.7 Å². The Kier molecular flexibility index (Phi) is 4.34. The Balaban J connectivity index is 1.93. The summed E-state index contributed by atoms with van der Waals surface area (Å²) in [6.07, 6.45) is 2.95. The fraction of sp³-hybridized carbons (Fsp3) is 0.250. The van der Waals surface area contributed by atoms with E-state index in [1.54, 1.807) is 11.0 Å². The van der Waals surface area contributed by atoms with Crippen LogP contribution in [0.1, 0.15) is 36.8 Å². The molecule has 2 aromatic heterocycles. The van der Waals surface area contributed by atoms with Gasteiger partial charge in [-0.15, -0.1) is 0 Å². The van der Waals surface area contributed by atoms with Gasteiger partial charge in [0.25, 0.3) is 5.91 Å². The average molecular weight is 363 g/mol. The fourth-order valence-corrected chi connectivity index (χ4v) is 3.23. The molecule has 25 heavy (non-hydrogen) atoms. The minimum Gasteiger partial charge on any atom is -0.298 e. The molecule has 0 fully saturated rings. The normalized spacial score (nSPS) is 11.6. The number of anilines is 1. The molecule has 0 aliphatic rings. The van der Waals surface area contributed by atoms with Gasteiger partial charge in [0.05, 0.1) is 5.69 Å². The van der Waals surface area contributed by atoms with E-state index in [9.17, 15) is 13.6 Å². The number of halogens is 2. The molecule has 0 unspecified atom stereocenters. The van der Waals surface area contributed by atoms with E-state index in [0.29, 0.717) is 5.13 Å². The quantitative estimate of drug-likeness (QED) is 0.772. The molecule has 0 saturated heterocycles. The largest absolute Gasteiger partial charge is 0.298 e. The van der Waals surface area contributed by atoms with Gasteiger partial charge in [-0.05, 0) is 18.2 Å². The number of rotatable bonds is 3. The first-order valence-electron chi connectivity index (χ1n) is 7.38. The Hall–Kier alpha value is -2.68. The standard InChI is InChI=1S/C16H15F2N5OS/c1-16(2,3)12-14(23-8-19-7-20-23)25-15(21-12)22-13(24)9-4-5-10(17)11(18)6-9/h4-8H,1-3H3,(H,21,22,24). The predicted octanol–water partition coefficient (Wildman–Crippen LogP) is 3.55. The zero-order chi connectivity index (χ0) is 18.2. The molecule has 0 atom stereocenters. The Morgan fingerprint density at radius 1 is 1.24 bits per heavy atom. The van der Waals surface area contributed by atoms with Gasteiger partial charge in [0.2, 0.25) is 0 Å². The van der Waals surface area contributed by atoms with Crippen molar-refractivity contribution in [2.75, 3.05) is 5.32 Å². The van der Waals surface area contributed by atoms with E-state index in [-0.39, 0.29) is 11.0 Å². The van der Waals surface area contributed by atoms with Gasteiger partial charge in [-0.25, -0.2) is 23.4 Å². The van der Waals surface area contributed by atoms with Crippen molar-refractivity contribution in [2.45, 2.75) is 26.2 Å². The first-order chi connectivity index (χ1) is 11.8.